The third kappa shape index (κ3) is 3.85. The second-order valence-electron chi connectivity index (χ2n) is 7.51. The molecule has 0 unspecified atom stereocenters. The minimum Gasteiger partial charge on any atom is -0.387 e. The Hall–Kier alpha value is -3.07. The molecule has 30 heavy (non-hydrogen) atoms. The lowest BCUT2D eigenvalue weighted by Gasteiger charge is -2.24. The van der Waals surface area contributed by atoms with Gasteiger partial charge in [0.1, 0.15) is 0 Å². The van der Waals surface area contributed by atoms with E-state index in [1.807, 2.05) is 36.4 Å². The number of rotatable bonds is 5. The van der Waals surface area contributed by atoms with Crippen molar-refractivity contribution in [3.8, 4) is 0 Å². The van der Waals surface area contributed by atoms with Crippen LogP contribution in [-0.2, 0) is 0 Å². The molecular weight excluding hydrogens is 384 g/mol. The minimum atomic E-state index is -0.624. The van der Waals surface area contributed by atoms with Crippen molar-refractivity contribution in [2.75, 3.05) is 0 Å². The molecule has 2 atom stereocenters. The van der Waals surface area contributed by atoms with Gasteiger partial charge < -0.3 is 5.11 Å². The first-order valence-corrected chi connectivity index (χ1v) is 11.0. The van der Waals surface area contributed by atoms with Gasteiger partial charge in [-0.1, -0.05) is 91.0 Å². The van der Waals surface area contributed by atoms with E-state index in [1.54, 1.807) is 11.8 Å². The zero-order valence-electron chi connectivity index (χ0n) is 16.5. The number of fused-ring (bicyclic) bond motifs is 2. The SMILES string of the molecule is O[C@H](c1ccc2ccccc2c1)[C@H](Sc1ccccc1)c1ccc2ccccc2c1. The molecule has 0 saturated carbocycles. The molecule has 146 valence electrons. The molecule has 2 heteroatoms. The molecule has 0 heterocycles. The van der Waals surface area contributed by atoms with Crippen LogP contribution in [0.15, 0.2) is 120 Å². The van der Waals surface area contributed by atoms with Gasteiger partial charge in [-0.3, -0.25) is 0 Å². The van der Waals surface area contributed by atoms with Gasteiger partial charge in [0, 0.05) is 4.90 Å². The summed E-state index contributed by atoms with van der Waals surface area (Å²) in [7, 11) is 0. The smallest absolute Gasteiger partial charge is 0.0953 e. The lowest BCUT2D eigenvalue weighted by atomic mass is 9.96. The number of hydrogen-bond acceptors (Lipinski definition) is 2. The Kier molecular flexibility index (Phi) is 5.27. The van der Waals surface area contributed by atoms with Gasteiger partial charge in [-0.15, -0.1) is 11.8 Å². The van der Waals surface area contributed by atoms with Crippen LogP contribution in [0.25, 0.3) is 21.5 Å². The molecule has 0 spiro atoms. The van der Waals surface area contributed by atoms with E-state index in [-0.39, 0.29) is 5.25 Å². The van der Waals surface area contributed by atoms with E-state index < -0.39 is 6.10 Å². The molecule has 0 radical (unpaired) electrons. The second kappa shape index (κ2) is 8.35. The maximum Gasteiger partial charge on any atom is 0.0953 e. The van der Waals surface area contributed by atoms with Crippen molar-refractivity contribution in [2.45, 2.75) is 16.2 Å². The molecule has 5 rings (SSSR count). The summed E-state index contributed by atoms with van der Waals surface area (Å²) in [6, 6.07) is 39.7. The van der Waals surface area contributed by atoms with E-state index in [4.69, 9.17) is 0 Å². The molecule has 1 N–H and O–H groups in total. The maximum atomic E-state index is 11.5. The van der Waals surface area contributed by atoms with E-state index in [0.717, 1.165) is 21.4 Å². The monoisotopic (exact) mass is 406 g/mol. The van der Waals surface area contributed by atoms with Crippen LogP contribution in [0.3, 0.4) is 0 Å². The van der Waals surface area contributed by atoms with Crippen molar-refractivity contribution in [2.24, 2.45) is 0 Å². The van der Waals surface area contributed by atoms with Crippen molar-refractivity contribution in [3.63, 3.8) is 0 Å². The third-order valence-electron chi connectivity index (χ3n) is 5.51. The van der Waals surface area contributed by atoms with Crippen LogP contribution < -0.4 is 0 Å². The van der Waals surface area contributed by atoms with Gasteiger partial charge in [-0.05, 0) is 56.9 Å². The van der Waals surface area contributed by atoms with Crippen molar-refractivity contribution in [1.82, 2.24) is 0 Å². The molecule has 0 fully saturated rings. The average molecular weight is 407 g/mol. The molecule has 5 aromatic carbocycles. The van der Waals surface area contributed by atoms with Crippen molar-refractivity contribution < 1.29 is 5.11 Å². The Morgan fingerprint density at radius 1 is 0.500 bits per heavy atom. The van der Waals surface area contributed by atoms with Gasteiger partial charge in [0.15, 0.2) is 0 Å². The average Bonchev–Trinajstić information content (AvgIpc) is 2.82. The van der Waals surface area contributed by atoms with Gasteiger partial charge in [-0.25, -0.2) is 0 Å². The van der Waals surface area contributed by atoms with Crippen LogP contribution in [0.5, 0.6) is 0 Å². The Morgan fingerprint density at radius 2 is 1.00 bits per heavy atom. The summed E-state index contributed by atoms with van der Waals surface area (Å²) in [5.41, 5.74) is 2.07. The van der Waals surface area contributed by atoms with Crippen LogP contribution in [0.2, 0.25) is 0 Å². The summed E-state index contributed by atoms with van der Waals surface area (Å²) >= 11 is 1.71. The van der Waals surface area contributed by atoms with Crippen LogP contribution in [0, 0.1) is 0 Å². The molecule has 0 saturated heterocycles. The normalized spacial score (nSPS) is 13.4. The van der Waals surface area contributed by atoms with Gasteiger partial charge in [0.05, 0.1) is 11.4 Å². The lowest BCUT2D eigenvalue weighted by molar-refractivity contribution is 0.175. The Labute approximate surface area is 181 Å². The molecular formula is C28H22OS. The highest BCUT2D eigenvalue weighted by Crippen LogP contribution is 2.45. The first-order valence-electron chi connectivity index (χ1n) is 10.2. The van der Waals surface area contributed by atoms with Crippen LogP contribution in [0.1, 0.15) is 22.5 Å². The first kappa shape index (κ1) is 18.9. The molecule has 5 aromatic rings. The molecule has 0 bridgehead atoms. The summed E-state index contributed by atoms with van der Waals surface area (Å²) in [5, 5.41) is 16.1. The van der Waals surface area contributed by atoms with E-state index in [1.165, 1.54) is 16.2 Å². The van der Waals surface area contributed by atoms with E-state index in [2.05, 4.69) is 78.9 Å². The van der Waals surface area contributed by atoms with Crippen LogP contribution in [0.4, 0.5) is 0 Å². The van der Waals surface area contributed by atoms with Crippen molar-refractivity contribution >= 4 is 33.3 Å². The highest BCUT2D eigenvalue weighted by atomic mass is 32.2. The Balaban J connectivity index is 1.58. The van der Waals surface area contributed by atoms with Gasteiger partial charge in [0.2, 0.25) is 0 Å². The Bertz CT molecular complexity index is 1300. The van der Waals surface area contributed by atoms with E-state index in [9.17, 15) is 5.11 Å². The summed E-state index contributed by atoms with van der Waals surface area (Å²) in [6.45, 7) is 0. The topological polar surface area (TPSA) is 20.2 Å². The van der Waals surface area contributed by atoms with Gasteiger partial charge in [-0.2, -0.15) is 0 Å². The summed E-state index contributed by atoms with van der Waals surface area (Å²) < 4.78 is 0. The zero-order chi connectivity index (χ0) is 20.3. The van der Waals surface area contributed by atoms with Gasteiger partial charge in [0.25, 0.3) is 0 Å². The molecule has 1 nitrogen and oxygen atoms in total. The molecule has 0 amide bonds. The largest absolute Gasteiger partial charge is 0.387 e. The van der Waals surface area contributed by atoms with Gasteiger partial charge >= 0.3 is 0 Å². The highest BCUT2D eigenvalue weighted by molar-refractivity contribution is 7.99. The number of aliphatic hydroxyl groups is 1. The fourth-order valence-electron chi connectivity index (χ4n) is 3.91. The van der Waals surface area contributed by atoms with Crippen LogP contribution in [-0.4, -0.2) is 5.11 Å². The number of benzene rings is 5. The number of thioether (sulfide) groups is 1. The molecule has 0 aliphatic carbocycles. The zero-order valence-corrected chi connectivity index (χ0v) is 17.3. The molecule has 0 aliphatic heterocycles. The standard InChI is InChI=1S/C28H22OS/c29-27(24-16-14-20-8-4-6-10-22(20)18-24)28(30-26-12-2-1-3-13-26)25-17-15-21-9-5-7-11-23(21)19-25/h1-19,27-29H/t27-,28-/m1/s1. The van der Waals surface area contributed by atoms with E-state index in [0.29, 0.717) is 0 Å². The molecule has 0 aromatic heterocycles. The maximum absolute atomic E-state index is 11.5. The summed E-state index contributed by atoms with van der Waals surface area (Å²) in [6.07, 6.45) is -0.624. The van der Waals surface area contributed by atoms with Crippen LogP contribution >= 0.6 is 11.8 Å². The number of hydrogen-bond donors (Lipinski definition) is 1. The lowest BCUT2D eigenvalue weighted by Crippen LogP contribution is -2.08. The summed E-state index contributed by atoms with van der Waals surface area (Å²) in [4.78, 5) is 1.15. The first-order chi connectivity index (χ1) is 14.8. The summed E-state index contributed by atoms with van der Waals surface area (Å²) in [5.74, 6) is 0. The highest BCUT2D eigenvalue weighted by Gasteiger charge is 2.24. The number of aliphatic hydroxyl groups excluding tert-OH is 1. The predicted molar refractivity (Wildman–Crippen MR) is 128 cm³/mol. The predicted octanol–water partition coefficient (Wildman–Crippen LogP) is 7.56. The third-order valence-corrected chi connectivity index (χ3v) is 6.84. The van der Waals surface area contributed by atoms with E-state index >= 15 is 0 Å². The quantitative estimate of drug-likeness (QED) is 0.304. The second-order valence-corrected chi connectivity index (χ2v) is 8.72. The molecule has 0 aliphatic rings. The van der Waals surface area contributed by atoms with Crippen molar-refractivity contribution in [3.05, 3.63) is 126 Å². The minimum absolute atomic E-state index is 0.113. The Morgan fingerprint density at radius 3 is 1.63 bits per heavy atom. The fourth-order valence-corrected chi connectivity index (χ4v) is 5.09. The fraction of sp³-hybridized carbons (Fsp3) is 0.0714. The van der Waals surface area contributed by atoms with Crippen molar-refractivity contribution in [1.29, 1.82) is 0 Å².